The second-order valence-electron chi connectivity index (χ2n) is 3.27. The molecule has 0 amide bonds. The molecule has 1 aromatic heterocycles. The fourth-order valence-corrected chi connectivity index (χ4v) is 1.42. The quantitative estimate of drug-likeness (QED) is 0.827. The summed E-state index contributed by atoms with van der Waals surface area (Å²) < 4.78 is 14.9. The zero-order valence-electron chi connectivity index (χ0n) is 8.44. The molecule has 78 valence electrons. The van der Waals surface area contributed by atoms with Crippen molar-refractivity contribution >= 4 is 0 Å². The maximum absolute atomic E-state index is 13.4. The van der Waals surface area contributed by atoms with Crippen LogP contribution in [0.15, 0.2) is 36.7 Å². The van der Waals surface area contributed by atoms with Crippen molar-refractivity contribution in [2.24, 2.45) is 0 Å². The Morgan fingerprint density at radius 3 is 2.93 bits per heavy atom. The van der Waals surface area contributed by atoms with E-state index in [9.17, 15) is 4.39 Å². The number of aromatic nitrogens is 2. The van der Waals surface area contributed by atoms with Gasteiger partial charge in [-0.3, -0.25) is 0 Å². The third kappa shape index (κ3) is 2.05. The summed E-state index contributed by atoms with van der Waals surface area (Å²) in [6.07, 6.45) is 3.54. The Kier molecular flexibility index (Phi) is 2.78. The molecule has 0 saturated carbocycles. The van der Waals surface area contributed by atoms with E-state index in [0.717, 1.165) is 12.1 Å². The lowest BCUT2D eigenvalue weighted by atomic mass is 10.3. The number of hydrogen-bond donors (Lipinski definition) is 1. The summed E-state index contributed by atoms with van der Waals surface area (Å²) in [5.41, 5.74) is 1.50. The molecule has 0 spiro atoms. The molecule has 0 saturated heterocycles. The summed E-state index contributed by atoms with van der Waals surface area (Å²) in [5.74, 6) is -0.267. The molecule has 0 radical (unpaired) electrons. The van der Waals surface area contributed by atoms with E-state index in [4.69, 9.17) is 0 Å². The average Bonchev–Trinajstić information content (AvgIpc) is 2.68. The summed E-state index contributed by atoms with van der Waals surface area (Å²) in [5, 5.41) is 7.12. The Morgan fingerprint density at radius 2 is 2.20 bits per heavy atom. The van der Waals surface area contributed by atoms with Crippen molar-refractivity contribution < 1.29 is 4.39 Å². The summed E-state index contributed by atoms with van der Waals surface area (Å²) in [6, 6.07) is 6.58. The van der Waals surface area contributed by atoms with Crippen LogP contribution >= 0.6 is 0 Å². The lowest BCUT2D eigenvalue weighted by Gasteiger charge is -2.01. The van der Waals surface area contributed by atoms with Gasteiger partial charge < -0.3 is 5.32 Å². The third-order valence-electron chi connectivity index (χ3n) is 2.12. The van der Waals surface area contributed by atoms with E-state index < -0.39 is 0 Å². The van der Waals surface area contributed by atoms with Gasteiger partial charge in [-0.2, -0.15) is 5.10 Å². The van der Waals surface area contributed by atoms with Crippen LogP contribution in [0.4, 0.5) is 4.39 Å². The molecule has 0 aliphatic heterocycles. The summed E-state index contributed by atoms with van der Waals surface area (Å²) >= 11 is 0. The highest BCUT2D eigenvalue weighted by Gasteiger charge is 2.04. The summed E-state index contributed by atoms with van der Waals surface area (Å²) in [4.78, 5) is 0. The monoisotopic (exact) mass is 205 g/mol. The van der Waals surface area contributed by atoms with Crippen LogP contribution < -0.4 is 5.32 Å². The second kappa shape index (κ2) is 4.23. The largest absolute Gasteiger partial charge is 0.316 e. The van der Waals surface area contributed by atoms with Crippen LogP contribution in [0.5, 0.6) is 0 Å². The first-order valence-corrected chi connectivity index (χ1v) is 4.74. The number of nitrogens with zero attached hydrogens (tertiary/aromatic N) is 2. The maximum atomic E-state index is 13.4. The van der Waals surface area contributed by atoms with Crippen LogP contribution in [0.3, 0.4) is 0 Å². The molecule has 1 aromatic carbocycles. The van der Waals surface area contributed by atoms with E-state index in [1.165, 1.54) is 6.07 Å². The zero-order chi connectivity index (χ0) is 10.7. The van der Waals surface area contributed by atoms with E-state index in [2.05, 4.69) is 10.4 Å². The van der Waals surface area contributed by atoms with Crippen LogP contribution in [0, 0.1) is 5.82 Å². The molecule has 0 aliphatic rings. The zero-order valence-corrected chi connectivity index (χ0v) is 8.44. The van der Waals surface area contributed by atoms with Gasteiger partial charge in [-0.05, 0) is 19.2 Å². The fraction of sp³-hybridized carbons (Fsp3) is 0.182. The molecule has 0 bridgehead atoms. The van der Waals surface area contributed by atoms with E-state index in [1.54, 1.807) is 29.1 Å². The SMILES string of the molecule is CNCc1cnn(-c2ccccc2F)c1. The Labute approximate surface area is 87.5 Å². The Bertz CT molecular complexity index is 451. The van der Waals surface area contributed by atoms with Gasteiger partial charge in [0.15, 0.2) is 0 Å². The third-order valence-corrected chi connectivity index (χ3v) is 2.12. The van der Waals surface area contributed by atoms with Gasteiger partial charge in [-0.1, -0.05) is 12.1 Å². The molecule has 4 heteroatoms. The lowest BCUT2D eigenvalue weighted by Crippen LogP contribution is -2.04. The van der Waals surface area contributed by atoms with Gasteiger partial charge in [0, 0.05) is 18.3 Å². The maximum Gasteiger partial charge on any atom is 0.148 e. The molecule has 0 unspecified atom stereocenters. The molecule has 15 heavy (non-hydrogen) atoms. The van der Waals surface area contributed by atoms with Crippen molar-refractivity contribution in [2.45, 2.75) is 6.54 Å². The molecule has 2 rings (SSSR count). The van der Waals surface area contributed by atoms with Gasteiger partial charge in [0.2, 0.25) is 0 Å². The number of halogens is 1. The molecule has 3 nitrogen and oxygen atoms in total. The fourth-order valence-electron chi connectivity index (χ4n) is 1.42. The second-order valence-corrected chi connectivity index (χ2v) is 3.27. The van der Waals surface area contributed by atoms with Crippen LogP contribution in [0.2, 0.25) is 0 Å². The smallest absolute Gasteiger partial charge is 0.148 e. The Morgan fingerprint density at radius 1 is 1.40 bits per heavy atom. The van der Waals surface area contributed by atoms with Gasteiger partial charge in [-0.15, -0.1) is 0 Å². The first-order valence-electron chi connectivity index (χ1n) is 4.74. The number of rotatable bonds is 3. The minimum Gasteiger partial charge on any atom is -0.316 e. The topological polar surface area (TPSA) is 29.9 Å². The standard InChI is InChI=1S/C11H12FN3/c1-13-6-9-7-14-15(8-9)11-5-3-2-4-10(11)12/h2-5,7-8,13H,6H2,1H3. The van der Waals surface area contributed by atoms with Gasteiger partial charge in [-0.25, -0.2) is 9.07 Å². The number of benzene rings is 1. The first kappa shape index (κ1) is 9.86. The minimum absolute atomic E-state index is 0.267. The molecule has 0 atom stereocenters. The molecule has 2 aromatic rings. The molecule has 1 heterocycles. The minimum atomic E-state index is -0.267. The number of hydrogen-bond acceptors (Lipinski definition) is 2. The van der Waals surface area contributed by atoms with E-state index >= 15 is 0 Å². The predicted octanol–water partition coefficient (Wildman–Crippen LogP) is 1.73. The van der Waals surface area contributed by atoms with Crippen molar-refractivity contribution in [2.75, 3.05) is 7.05 Å². The van der Waals surface area contributed by atoms with Crippen molar-refractivity contribution in [1.82, 2.24) is 15.1 Å². The number of nitrogens with one attached hydrogen (secondary N) is 1. The van der Waals surface area contributed by atoms with Gasteiger partial charge in [0.05, 0.1) is 6.20 Å². The van der Waals surface area contributed by atoms with Crippen LogP contribution in [0.1, 0.15) is 5.56 Å². The van der Waals surface area contributed by atoms with Crippen molar-refractivity contribution in [3.05, 3.63) is 48.0 Å². The van der Waals surface area contributed by atoms with Crippen molar-refractivity contribution in [3.63, 3.8) is 0 Å². The van der Waals surface area contributed by atoms with Crippen molar-refractivity contribution in [1.29, 1.82) is 0 Å². The normalized spacial score (nSPS) is 10.5. The van der Waals surface area contributed by atoms with E-state index in [-0.39, 0.29) is 5.82 Å². The predicted molar refractivity (Wildman–Crippen MR) is 56.3 cm³/mol. The average molecular weight is 205 g/mol. The van der Waals surface area contributed by atoms with E-state index in [0.29, 0.717) is 5.69 Å². The Hall–Kier alpha value is -1.68. The van der Waals surface area contributed by atoms with E-state index in [1.807, 2.05) is 13.2 Å². The molecule has 1 N–H and O–H groups in total. The van der Waals surface area contributed by atoms with Gasteiger partial charge in [0.1, 0.15) is 11.5 Å². The highest BCUT2D eigenvalue weighted by molar-refractivity contribution is 5.32. The van der Waals surface area contributed by atoms with Gasteiger partial charge in [0.25, 0.3) is 0 Å². The van der Waals surface area contributed by atoms with Crippen LogP contribution in [-0.4, -0.2) is 16.8 Å². The number of para-hydroxylation sites is 1. The molecular weight excluding hydrogens is 193 g/mol. The highest BCUT2D eigenvalue weighted by atomic mass is 19.1. The summed E-state index contributed by atoms with van der Waals surface area (Å²) in [6.45, 7) is 0.731. The Balaban J connectivity index is 2.33. The highest BCUT2D eigenvalue weighted by Crippen LogP contribution is 2.12. The molecule has 0 aliphatic carbocycles. The molecular formula is C11H12FN3. The first-order chi connectivity index (χ1) is 7.31. The lowest BCUT2D eigenvalue weighted by molar-refractivity contribution is 0.611. The summed E-state index contributed by atoms with van der Waals surface area (Å²) in [7, 11) is 1.86. The van der Waals surface area contributed by atoms with Crippen LogP contribution in [0.25, 0.3) is 5.69 Å². The molecule has 0 fully saturated rings. The van der Waals surface area contributed by atoms with Gasteiger partial charge >= 0.3 is 0 Å². The van der Waals surface area contributed by atoms with Crippen molar-refractivity contribution in [3.8, 4) is 5.69 Å². The van der Waals surface area contributed by atoms with Crippen LogP contribution in [-0.2, 0) is 6.54 Å².